The molecule has 1 unspecified atom stereocenters. The van der Waals surface area contributed by atoms with Crippen LogP contribution in [0.5, 0.6) is 23.0 Å². The number of phenolic OH excluding ortho intramolecular Hbond substituents is 3. The molecule has 2 saturated heterocycles. The van der Waals surface area contributed by atoms with Crippen LogP contribution >= 0.6 is 11.6 Å². The highest BCUT2D eigenvalue weighted by Crippen LogP contribution is 2.59. The number of aromatic nitrogens is 1. The summed E-state index contributed by atoms with van der Waals surface area (Å²) in [4.78, 5) is 72.9. The van der Waals surface area contributed by atoms with E-state index in [1.807, 2.05) is 9.80 Å². The normalized spacial score (nSPS) is 28.9. The molecule has 21 nitrogen and oxygen atoms in total. The van der Waals surface area contributed by atoms with Crippen LogP contribution in [-0.2, 0) is 23.8 Å². The van der Waals surface area contributed by atoms with Crippen molar-refractivity contribution >= 4 is 74.0 Å². The molecular formula is C63H78ClFN6O15. The number of pyridine rings is 1. The van der Waals surface area contributed by atoms with E-state index < -0.39 is 111 Å². The number of hydrogen-bond acceptors (Lipinski definition) is 18. The molecule has 4 fully saturated rings. The number of anilines is 3. The molecule has 5 aliphatic heterocycles. The quantitative estimate of drug-likeness (QED) is 0.0427. The molecule has 2 aliphatic carbocycles. The highest BCUT2D eigenvalue weighted by molar-refractivity contribution is 6.38. The minimum Gasteiger partial charge on any atom is -0.507 e. The Hall–Kier alpha value is -6.95. The molecule has 1 aromatic heterocycles. The van der Waals surface area contributed by atoms with Crippen LogP contribution in [0.3, 0.4) is 0 Å². The van der Waals surface area contributed by atoms with Gasteiger partial charge in [0.15, 0.2) is 5.75 Å². The number of ketones is 1. The fourth-order valence-electron chi connectivity index (χ4n) is 13.9. The summed E-state index contributed by atoms with van der Waals surface area (Å²) < 4.78 is 41.7. The number of carbonyl (C=O) groups is 4. The average molecular weight is 1210 g/mol. The van der Waals surface area contributed by atoms with Gasteiger partial charge in [-0.1, -0.05) is 50.6 Å². The molecule has 11 rings (SSSR count). The van der Waals surface area contributed by atoms with Gasteiger partial charge in [-0.3, -0.25) is 24.1 Å². The van der Waals surface area contributed by atoms with E-state index in [1.165, 1.54) is 59.4 Å². The second-order valence-corrected chi connectivity index (χ2v) is 25.1. The lowest BCUT2D eigenvalue weighted by Gasteiger charge is -2.44. The van der Waals surface area contributed by atoms with E-state index >= 15 is 4.39 Å². The standard InChI is InChI=1S/C63H78ClFN6O15/c1-29-11-10-12-30(2)60(80)67-48-51(69-22-16-36(17-23-69)68(8)63(19-20-63)35-15-21-70(26-35)50-41(65)25-38-49(46(50)64)71(37-13-14-37)27-39(55(38)76)61(81)82)57(78)43-44(56(48)77)53(74)33(5)58-45(43)59(79)62(7,86-58)85-24-18-42(83-9)31(3)40(28-84-34(6)72)47(66)54(75)32(4)52(29)73/h10-12,18,24-25,27,29,31-32,35-37,40,42,47,52,54,73-75,77-78H,13-17,19-23,26,28,66H2,1-9H3,(H,67,80)(H,81,82)/b11-10?,24-18?,30-12-/t29-,31-,32+,35?,40+,42-,47-,52-,54+,62-/m0/s1. The predicted molar refractivity (Wildman–Crippen MR) is 321 cm³/mol. The third-order valence-electron chi connectivity index (χ3n) is 19.5. The van der Waals surface area contributed by atoms with Gasteiger partial charge in [-0.2, -0.15) is 0 Å². The van der Waals surface area contributed by atoms with Crippen LogP contribution in [0.1, 0.15) is 119 Å². The highest BCUT2D eigenvalue weighted by atomic mass is 35.5. The van der Waals surface area contributed by atoms with E-state index in [2.05, 4.69) is 17.3 Å². The Kier molecular flexibility index (Phi) is 17.1. The van der Waals surface area contributed by atoms with Crippen molar-refractivity contribution in [2.24, 2.45) is 35.3 Å². The molecule has 1 amide bonds. The number of esters is 1. The Bertz CT molecular complexity index is 3570. The first-order chi connectivity index (χ1) is 40.7. The number of hydrogen-bond donors (Lipinski definition) is 8. The van der Waals surface area contributed by atoms with Crippen LogP contribution < -0.4 is 31.0 Å². The number of fused-ring (bicyclic) bond motifs is 15. The minimum atomic E-state index is -2.11. The number of allylic oxidation sites excluding steroid dienone is 2. The van der Waals surface area contributed by atoms with Crippen LogP contribution in [0.2, 0.25) is 5.02 Å². The molecular weight excluding hydrogens is 1140 g/mol. The first-order valence-corrected chi connectivity index (χ1v) is 29.9. The number of aliphatic hydroxyl groups is 2. The topological polar surface area (TPSA) is 296 Å². The van der Waals surface area contributed by atoms with Gasteiger partial charge in [0.05, 0.1) is 63.7 Å². The Morgan fingerprint density at radius 2 is 1.60 bits per heavy atom. The van der Waals surface area contributed by atoms with E-state index in [1.54, 1.807) is 37.5 Å². The van der Waals surface area contributed by atoms with E-state index in [4.69, 9.17) is 36.3 Å². The first-order valence-electron chi connectivity index (χ1n) is 29.5. The summed E-state index contributed by atoms with van der Waals surface area (Å²) >= 11 is 7.08. The van der Waals surface area contributed by atoms with Crippen LogP contribution in [0.25, 0.3) is 21.7 Å². The number of amides is 1. The van der Waals surface area contributed by atoms with Crippen LogP contribution in [0.4, 0.5) is 21.5 Å². The van der Waals surface area contributed by atoms with Crippen molar-refractivity contribution in [1.82, 2.24) is 9.47 Å². The SMILES string of the molecule is CO[C@H]1C=CO[C@@]2(C)Oc3c(C)c(O)c4c(O)c(c(N5CCC(N(C)C6(C7CCN(c8c(F)cc9c(=O)c(C(=O)O)cn(C%10CC%10)c9c8Cl)C7)CC6)CC5)c(O)c4c3C2=O)NC(=O)/C(C)=C\C=C[C@H](C)[C@H](O)[C@@H](C)[C@@H](O)[C@@H](N)[C@H](COC(C)=O)[C@@H]1C. The second-order valence-electron chi connectivity index (χ2n) is 24.8. The zero-order valence-electron chi connectivity index (χ0n) is 49.9. The number of aromatic hydroxyl groups is 3. The van der Waals surface area contributed by atoms with Crippen molar-refractivity contribution in [1.29, 1.82) is 0 Å². The zero-order valence-corrected chi connectivity index (χ0v) is 50.6. The Morgan fingerprint density at radius 3 is 2.23 bits per heavy atom. The smallest absolute Gasteiger partial charge is 0.341 e. The molecule has 23 heteroatoms. The summed E-state index contributed by atoms with van der Waals surface area (Å²) in [5.74, 6) is -10.7. The number of aliphatic hydroxyl groups excluding tert-OH is 2. The Morgan fingerprint density at radius 1 is 0.930 bits per heavy atom. The number of nitrogens with two attached hydrogens (primary N) is 1. The summed E-state index contributed by atoms with van der Waals surface area (Å²) in [6.45, 7) is 12.1. The third kappa shape index (κ3) is 10.8. The van der Waals surface area contributed by atoms with Crippen LogP contribution in [0.15, 0.2) is 53.2 Å². The maximum atomic E-state index is 16.3. The summed E-state index contributed by atoms with van der Waals surface area (Å²) in [6, 6.07) is 0.0141. The van der Waals surface area contributed by atoms with Gasteiger partial charge < -0.3 is 75.0 Å². The fourth-order valence-corrected chi connectivity index (χ4v) is 14.3. The van der Waals surface area contributed by atoms with Crippen LogP contribution in [0, 0.1) is 42.3 Å². The molecule has 10 atom stereocenters. The fraction of sp³-hybridized carbons (Fsp3) is 0.540. The van der Waals surface area contributed by atoms with Crippen molar-refractivity contribution in [2.75, 3.05) is 62.1 Å². The number of aromatic carboxylic acids is 1. The number of ether oxygens (including phenoxy) is 4. The van der Waals surface area contributed by atoms with E-state index in [9.17, 15) is 54.6 Å². The van der Waals surface area contributed by atoms with Gasteiger partial charge in [0, 0.05) is 111 Å². The maximum absolute atomic E-state index is 16.3. The number of methoxy groups -OCH3 is 1. The van der Waals surface area contributed by atoms with Gasteiger partial charge in [0.2, 0.25) is 5.43 Å². The monoisotopic (exact) mass is 1210 g/mol. The number of carboxylic acids is 1. The Balaban J connectivity index is 0.968. The number of phenols is 3. The molecule has 3 aromatic carbocycles. The number of nitrogens with one attached hydrogen (secondary N) is 1. The van der Waals surface area contributed by atoms with Gasteiger partial charge in [0.1, 0.15) is 40.0 Å². The van der Waals surface area contributed by atoms with Crippen molar-refractivity contribution in [3.05, 3.63) is 86.2 Å². The number of rotatable bonds is 10. The highest BCUT2D eigenvalue weighted by Gasteiger charge is 2.56. The van der Waals surface area contributed by atoms with Gasteiger partial charge >= 0.3 is 17.7 Å². The number of nitrogens with zero attached hydrogens (tertiary/aromatic N) is 4. The van der Waals surface area contributed by atoms with Crippen molar-refractivity contribution in [2.45, 2.75) is 141 Å². The summed E-state index contributed by atoms with van der Waals surface area (Å²) in [5, 5.41) is 72.6. The molecule has 86 heavy (non-hydrogen) atoms. The lowest BCUT2D eigenvalue weighted by Crippen LogP contribution is -2.52. The van der Waals surface area contributed by atoms with Crippen molar-refractivity contribution < 1.29 is 73.2 Å². The summed E-state index contributed by atoms with van der Waals surface area (Å²) in [6.07, 6.45) is 10.6. The number of Topliss-reactive ketones (excluding diaryl/α,β-unsaturated/α-hetero) is 1. The van der Waals surface area contributed by atoms with E-state index in [0.717, 1.165) is 38.2 Å². The van der Waals surface area contributed by atoms with Gasteiger partial charge in [-0.15, -0.1) is 0 Å². The lowest BCUT2D eigenvalue weighted by atomic mass is 9.77. The number of halogens is 2. The molecule has 6 heterocycles. The number of benzene rings is 3. The van der Waals surface area contributed by atoms with Gasteiger partial charge in [0.25, 0.3) is 11.7 Å². The third-order valence-corrected chi connectivity index (χ3v) is 19.9. The zero-order chi connectivity index (χ0) is 62.3. The Labute approximate surface area is 502 Å². The van der Waals surface area contributed by atoms with Gasteiger partial charge in [-0.25, -0.2) is 9.18 Å². The summed E-state index contributed by atoms with van der Waals surface area (Å²) in [5.41, 5.74) is 5.53. The average Bonchev–Trinajstić information content (AvgIpc) is 1.29. The number of piperidine rings is 1. The molecule has 4 aromatic rings. The molecule has 5 bridgehead atoms. The predicted octanol–water partition coefficient (Wildman–Crippen LogP) is 7.79. The lowest BCUT2D eigenvalue weighted by molar-refractivity contribution is -0.144. The minimum absolute atomic E-state index is 0.00148. The molecule has 0 spiro atoms. The second kappa shape index (κ2) is 23.6. The molecule has 2 saturated carbocycles. The summed E-state index contributed by atoms with van der Waals surface area (Å²) in [7, 11) is 3.52. The largest absolute Gasteiger partial charge is 0.507 e. The van der Waals surface area contributed by atoms with Crippen LogP contribution in [-0.4, -0.2) is 152 Å². The number of carboxylic acid groups (broad SMARTS) is 1. The molecule has 0 radical (unpaired) electrons. The van der Waals surface area contributed by atoms with Gasteiger partial charge in [-0.05, 0) is 89.8 Å². The van der Waals surface area contributed by atoms with Crippen molar-refractivity contribution in [3.8, 4) is 23.0 Å². The first kappa shape index (κ1) is 62.1. The maximum Gasteiger partial charge on any atom is 0.341 e. The van der Waals surface area contributed by atoms with E-state index in [-0.39, 0.29) is 90.8 Å². The number of carbonyl (C=O) groups excluding carboxylic acids is 3. The molecule has 464 valence electrons. The van der Waals surface area contributed by atoms with Crippen molar-refractivity contribution in [3.63, 3.8) is 0 Å². The van der Waals surface area contributed by atoms with E-state index in [0.29, 0.717) is 44.5 Å². The molecule has 7 aliphatic rings. The molecule has 9 N–H and O–H groups in total.